The van der Waals surface area contributed by atoms with Crippen LogP contribution in [-0.2, 0) is 20.5 Å². The lowest BCUT2D eigenvalue weighted by molar-refractivity contribution is 0.0385. The van der Waals surface area contributed by atoms with E-state index in [0.29, 0.717) is 19.8 Å². The van der Waals surface area contributed by atoms with Gasteiger partial charge in [0, 0.05) is 13.2 Å². The van der Waals surface area contributed by atoms with Crippen LogP contribution in [0.4, 0.5) is 0 Å². The molecule has 0 amide bonds. The van der Waals surface area contributed by atoms with E-state index in [9.17, 15) is 0 Å². The second kappa shape index (κ2) is 12.9. The lowest BCUT2D eigenvalue weighted by Gasteiger charge is -2.43. The Morgan fingerprint density at radius 1 is 0.576 bits per heavy atom. The van der Waals surface area contributed by atoms with E-state index in [2.05, 4.69) is 93.6 Å². The SMILES string of the molecule is CC(C)(C)[Si](OCCCCOCCOCc1ccccc1)(c1ccccc1)c1ccccc1. The Kier molecular flexibility index (Phi) is 9.88. The second-order valence-corrected chi connectivity index (χ2v) is 13.7. The van der Waals surface area contributed by atoms with Gasteiger partial charge in [0.05, 0.1) is 19.8 Å². The highest BCUT2D eigenvalue weighted by atomic mass is 28.4. The van der Waals surface area contributed by atoms with Crippen LogP contribution < -0.4 is 10.4 Å². The first-order valence-electron chi connectivity index (χ1n) is 12.0. The molecular formula is C29H38O3Si. The molecule has 0 spiro atoms. The number of hydrogen-bond donors (Lipinski definition) is 0. The fraction of sp³-hybridized carbons (Fsp3) is 0.379. The van der Waals surface area contributed by atoms with Crippen LogP contribution in [0, 0.1) is 0 Å². The zero-order valence-corrected chi connectivity index (χ0v) is 21.3. The van der Waals surface area contributed by atoms with Gasteiger partial charge in [0.25, 0.3) is 8.32 Å². The van der Waals surface area contributed by atoms with Crippen molar-refractivity contribution in [1.82, 2.24) is 0 Å². The zero-order chi connectivity index (χ0) is 23.4. The molecule has 176 valence electrons. The molecule has 3 aromatic carbocycles. The first-order valence-corrected chi connectivity index (χ1v) is 13.9. The van der Waals surface area contributed by atoms with Gasteiger partial charge in [0.1, 0.15) is 0 Å². The van der Waals surface area contributed by atoms with Crippen molar-refractivity contribution in [1.29, 1.82) is 0 Å². The molecule has 0 aliphatic rings. The van der Waals surface area contributed by atoms with Crippen molar-refractivity contribution in [3.63, 3.8) is 0 Å². The Hall–Kier alpha value is -2.24. The van der Waals surface area contributed by atoms with Gasteiger partial charge >= 0.3 is 0 Å². The number of ether oxygens (including phenoxy) is 2. The smallest absolute Gasteiger partial charge is 0.261 e. The van der Waals surface area contributed by atoms with Gasteiger partial charge in [0.2, 0.25) is 0 Å². The third-order valence-electron chi connectivity index (χ3n) is 5.90. The normalized spacial score (nSPS) is 12.1. The van der Waals surface area contributed by atoms with E-state index < -0.39 is 8.32 Å². The van der Waals surface area contributed by atoms with Crippen LogP contribution in [0.15, 0.2) is 91.0 Å². The molecule has 0 unspecified atom stereocenters. The Balaban J connectivity index is 1.47. The minimum Gasteiger partial charge on any atom is -0.407 e. The van der Waals surface area contributed by atoms with Gasteiger partial charge < -0.3 is 13.9 Å². The van der Waals surface area contributed by atoms with E-state index >= 15 is 0 Å². The molecule has 3 rings (SSSR count). The summed E-state index contributed by atoms with van der Waals surface area (Å²) in [6.07, 6.45) is 1.96. The van der Waals surface area contributed by atoms with Gasteiger partial charge in [-0.1, -0.05) is 112 Å². The van der Waals surface area contributed by atoms with Crippen molar-refractivity contribution in [3.8, 4) is 0 Å². The predicted molar refractivity (Wildman–Crippen MR) is 140 cm³/mol. The van der Waals surface area contributed by atoms with E-state index in [1.807, 2.05) is 18.2 Å². The van der Waals surface area contributed by atoms with Gasteiger partial charge in [-0.05, 0) is 33.8 Å². The maximum Gasteiger partial charge on any atom is 0.261 e. The third kappa shape index (κ3) is 7.12. The number of hydrogen-bond acceptors (Lipinski definition) is 3. The van der Waals surface area contributed by atoms with E-state index in [1.54, 1.807) is 0 Å². The van der Waals surface area contributed by atoms with Crippen LogP contribution in [-0.4, -0.2) is 34.7 Å². The molecule has 0 bridgehead atoms. The summed E-state index contributed by atoms with van der Waals surface area (Å²) in [5.41, 5.74) is 1.19. The summed E-state index contributed by atoms with van der Waals surface area (Å²) < 4.78 is 18.4. The highest BCUT2D eigenvalue weighted by Gasteiger charge is 2.49. The molecule has 33 heavy (non-hydrogen) atoms. The summed E-state index contributed by atoms with van der Waals surface area (Å²) in [5, 5.41) is 2.67. The van der Waals surface area contributed by atoms with Gasteiger partial charge in [-0.15, -0.1) is 0 Å². The first-order chi connectivity index (χ1) is 16.0. The predicted octanol–water partition coefficient (Wildman–Crippen LogP) is 5.58. The molecule has 0 saturated carbocycles. The minimum atomic E-state index is -2.43. The van der Waals surface area contributed by atoms with Crippen molar-refractivity contribution in [3.05, 3.63) is 96.6 Å². The fourth-order valence-electron chi connectivity index (χ4n) is 4.28. The summed E-state index contributed by atoms with van der Waals surface area (Å²) in [5.74, 6) is 0. The number of benzene rings is 3. The van der Waals surface area contributed by atoms with Crippen LogP contribution in [0.1, 0.15) is 39.2 Å². The van der Waals surface area contributed by atoms with E-state index in [1.165, 1.54) is 15.9 Å². The molecule has 3 nitrogen and oxygen atoms in total. The maximum absolute atomic E-state index is 6.92. The Morgan fingerprint density at radius 2 is 1.06 bits per heavy atom. The molecule has 0 heterocycles. The quantitative estimate of drug-likeness (QED) is 0.245. The molecular weight excluding hydrogens is 424 g/mol. The van der Waals surface area contributed by atoms with Crippen molar-refractivity contribution < 1.29 is 13.9 Å². The van der Waals surface area contributed by atoms with Crippen molar-refractivity contribution in [2.75, 3.05) is 26.4 Å². The lowest BCUT2D eigenvalue weighted by atomic mass is 10.2. The minimum absolute atomic E-state index is 0.0162. The van der Waals surface area contributed by atoms with E-state index in [4.69, 9.17) is 13.9 Å². The van der Waals surface area contributed by atoms with Crippen LogP contribution in [0.25, 0.3) is 0 Å². The van der Waals surface area contributed by atoms with E-state index in [0.717, 1.165) is 26.1 Å². The van der Waals surface area contributed by atoms with Crippen LogP contribution in [0.5, 0.6) is 0 Å². The zero-order valence-electron chi connectivity index (χ0n) is 20.3. The van der Waals surface area contributed by atoms with Gasteiger partial charge in [-0.25, -0.2) is 0 Å². The highest BCUT2D eigenvalue weighted by molar-refractivity contribution is 6.99. The Bertz CT molecular complexity index is 868. The molecule has 0 aliphatic heterocycles. The largest absolute Gasteiger partial charge is 0.407 e. The van der Waals surface area contributed by atoms with E-state index in [-0.39, 0.29) is 5.04 Å². The van der Waals surface area contributed by atoms with Crippen molar-refractivity contribution in [2.24, 2.45) is 0 Å². The summed E-state index contributed by atoms with van der Waals surface area (Å²) in [6.45, 7) is 10.3. The highest BCUT2D eigenvalue weighted by Crippen LogP contribution is 2.36. The summed E-state index contributed by atoms with van der Waals surface area (Å²) in [6, 6.07) is 31.9. The second-order valence-electron chi connectivity index (χ2n) is 9.37. The lowest BCUT2D eigenvalue weighted by Crippen LogP contribution is -2.66. The Labute approximate surface area is 200 Å². The molecule has 0 atom stereocenters. The maximum atomic E-state index is 6.92. The summed E-state index contributed by atoms with van der Waals surface area (Å²) in [7, 11) is -2.43. The molecule has 0 saturated heterocycles. The standard InChI is InChI=1S/C29H38O3Si/c1-29(2,3)33(27-17-9-5-10-18-27,28-19-11-6-12-20-28)32-22-14-13-21-30-23-24-31-25-26-15-7-4-8-16-26/h4-12,15-20H,13-14,21-25H2,1-3H3. The molecule has 0 fully saturated rings. The Morgan fingerprint density at radius 3 is 1.61 bits per heavy atom. The summed E-state index contributed by atoms with van der Waals surface area (Å²) >= 11 is 0. The first kappa shape index (κ1) is 25.4. The molecule has 4 heteroatoms. The van der Waals surface area contributed by atoms with Crippen molar-refractivity contribution in [2.45, 2.75) is 45.3 Å². The average molecular weight is 463 g/mol. The van der Waals surface area contributed by atoms with Crippen LogP contribution in [0.2, 0.25) is 5.04 Å². The average Bonchev–Trinajstić information content (AvgIpc) is 2.84. The van der Waals surface area contributed by atoms with Gasteiger partial charge in [-0.2, -0.15) is 0 Å². The van der Waals surface area contributed by atoms with Gasteiger partial charge in [0.15, 0.2) is 0 Å². The molecule has 0 aliphatic carbocycles. The topological polar surface area (TPSA) is 27.7 Å². The molecule has 0 aromatic heterocycles. The monoisotopic (exact) mass is 462 g/mol. The molecule has 0 radical (unpaired) electrons. The van der Waals surface area contributed by atoms with Crippen molar-refractivity contribution >= 4 is 18.7 Å². The summed E-state index contributed by atoms with van der Waals surface area (Å²) in [4.78, 5) is 0. The fourth-order valence-corrected chi connectivity index (χ4v) is 8.88. The van der Waals surface area contributed by atoms with Crippen LogP contribution >= 0.6 is 0 Å². The molecule has 3 aromatic rings. The van der Waals surface area contributed by atoms with Gasteiger partial charge in [-0.3, -0.25) is 0 Å². The number of unbranched alkanes of at least 4 members (excludes halogenated alkanes) is 1. The third-order valence-corrected chi connectivity index (χ3v) is 10.9. The number of rotatable bonds is 13. The molecule has 0 N–H and O–H groups in total. The van der Waals surface area contributed by atoms with Crippen LogP contribution in [0.3, 0.4) is 0 Å².